The molecule has 0 unspecified atom stereocenters. The molecule has 2 heterocycles. The molecule has 120 valence electrons. The van der Waals surface area contributed by atoms with Gasteiger partial charge >= 0.3 is 0 Å². The average Bonchev–Trinajstić information content (AvgIpc) is 2.89. The van der Waals surface area contributed by atoms with Gasteiger partial charge in [0.1, 0.15) is 5.75 Å². The van der Waals surface area contributed by atoms with Gasteiger partial charge in [-0.1, -0.05) is 0 Å². The van der Waals surface area contributed by atoms with Gasteiger partial charge in [-0.3, -0.25) is 9.82 Å². The second-order valence-corrected chi connectivity index (χ2v) is 6.61. The van der Waals surface area contributed by atoms with Crippen LogP contribution in [0.2, 0.25) is 0 Å². The van der Waals surface area contributed by atoms with Gasteiger partial charge in [-0.25, -0.2) is 13.4 Å². The van der Waals surface area contributed by atoms with Gasteiger partial charge in [0.15, 0.2) is 11.5 Å². The third-order valence-corrected chi connectivity index (χ3v) is 4.59. The molecule has 0 aliphatic rings. The number of ether oxygens (including phenoxy) is 1. The number of anilines is 1. The van der Waals surface area contributed by atoms with Crippen molar-refractivity contribution in [2.75, 3.05) is 11.3 Å². The van der Waals surface area contributed by atoms with Crippen LogP contribution in [0, 0.1) is 6.92 Å². The molecule has 0 bridgehead atoms. The Labute approximate surface area is 133 Å². The van der Waals surface area contributed by atoms with Gasteiger partial charge in [0.2, 0.25) is 0 Å². The van der Waals surface area contributed by atoms with Crippen molar-refractivity contribution in [1.29, 1.82) is 0 Å². The lowest BCUT2D eigenvalue weighted by Gasteiger charge is -2.07. The highest BCUT2D eigenvalue weighted by Gasteiger charge is 2.18. The SMILES string of the molecule is CCOc1ccc(S(=O)(=O)Nc2n[nH]c3nc(C)ccc23)cc1. The molecule has 23 heavy (non-hydrogen) atoms. The number of hydrogen-bond donors (Lipinski definition) is 2. The van der Waals surface area contributed by atoms with E-state index in [1.807, 2.05) is 13.8 Å². The van der Waals surface area contributed by atoms with E-state index in [1.54, 1.807) is 24.3 Å². The number of aromatic nitrogens is 3. The van der Waals surface area contributed by atoms with Crippen LogP contribution in [0.5, 0.6) is 5.75 Å². The molecule has 3 rings (SSSR count). The number of aromatic amines is 1. The maximum absolute atomic E-state index is 12.5. The second kappa shape index (κ2) is 5.88. The fourth-order valence-corrected chi connectivity index (χ4v) is 3.17. The number of hydrogen-bond acceptors (Lipinski definition) is 5. The standard InChI is InChI=1S/C15H16N4O3S/c1-3-22-11-5-7-12(8-6-11)23(20,21)19-15-13-9-4-10(2)16-14(13)17-18-15/h4-9H,3H2,1-2H3,(H2,16,17,18,19). The van der Waals surface area contributed by atoms with Crippen LogP contribution in [0.1, 0.15) is 12.6 Å². The predicted octanol–water partition coefficient (Wildman–Crippen LogP) is 2.47. The summed E-state index contributed by atoms with van der Waals surface area (Å²) in [5, 5.41) is 7.33. The van der Waals surface area contributed by atoms with E-state index in [0.717, 1.165) is 5.69 Å². The predicted molar refractivity (Wildman–Crippen MR) is 87.0 cm³/mol. The first-order valence-electron chi connectivity index (χ1n) is 7.07. The summed E-state index contributed by atoms with van der Waals surface area (Å²) < 4.78 is 32.7. The van der Waals surface area contributed by atoms with Gasteiger partial charge in [0.25, 0.3) is 10.0 Å². The molecule has 0 saturated carbocycles. The Hall–Kier alpha value is -2.61. The van der Waals surface area contributed by atoms with E-state index < -0.39 is 10.0 Å². The van der Waals surface area contributed by atoms with E-state index in [9.17, 15) is 8.42 Å². The fraction of sp³-hybridized carbons (Fsp3) is 0.200. The van der Waals surface area contributed by atoms with Crippen molar-refractivity contribution in [3.63, 3.8) is 0 Å². The van der Waals surface area contributed by atoms with Crippen LogP contribution >= 0.6 is 0 Å². The smallest absolute Gasteiger partial charge is 0.263 e. The highest BCUT2D eigenvalue weighted by molar-refractivity contribution is 7.92. The normalized spacial score (nSPS) is 11.6. The van der Waals surface area contributed by atoms with Crippen molar-refractivity contribution in [2.45, 2.75) is 18.7 Å². The summed E-state index contributed by atoms with van der Waals surface area (Å²) in [5.74, 6) is 0.845. The Morgan fingerprint density at radius 1 is 1.17 bits per heavy atom. The minimum atomic E-state index is -3.73. The van der Waals surface area contributed by atoms with Gasteiger partial charge in [-0.05, 0) is 50.2 Å². The largest absolute Gasteiger partial charge is 0.494 e. The average molecular weight is 332 g/mol. The fourth-order valence-electron chi connectivity index (χ4n) is 2.15. The Bertz CT molecular complexity index is 933. The Kier molecular flexibility index (Phi) is 3.91. The van der Waals surface area contributed by atoms with Crippen molar-refractivity contribution in [3.8, 4) is 5.75 Å². The number of H-pyrrole nitrogens is 1. The summed E-state index contributed by atoms with van der Waals surface area (Å²) in [6.45, 7) is 4.24. The highest BCUT2D eigenvalue weighted by Crippen LogP contribution is 2.23. The molecule has 3 aromatic rings. The van der Waals surface area contributed by atoms with Gasteiger partial charge in [0.05, 0.1) is 16.9 Å². The summed E-state index contributed by atoms with van der Waals surface area (Å²) in [5.41, 5.74) is 1.36. The number of sulfonamides is 1. The van der Waals surface area contributed by atoms with E-state index in [0.29, 0.717) is 23.4 Å². The van der Waals surface area contributed by atoms with Crippen molar-refractivity contribution in [3.05, 3.63) is 42.1 Å². The molecular formula is C15H16N4O3S. The van der Waals surface area contributed by atoms with Crippen LogP contribution in [0.3, 0.4) is 0 Å². The van der Waals surface area contributed by atoms with Crippen LogP contribution in [0.15, 0.2) is 41.3 Å². The Morgan fingerprint density at radius 3 is 2.61 bits per heavy atom. The minimum Gasteiger partial charge on any atom is -0.494 e. The molecule has 2 aromatic heterocycles. The number of fused-ring (bicyclic) bond motifs is 1. The number of aryl methyl sites for hydroxylation is 1. The van der Waals surface area contributed by atoms with Crippen molar-refractivity contribution in [2.24, 2.45) is 0 Å². The zero-order valence-electron chi connectivity index (χ0n) is 12.7. The third kappa shape index (κ3) is 3.11. The third-order valence-electron chi connectivity index (χ3n) is 3.24. The molecule has 0 atom stereocenters. The van der Waals surface area contributed by atoms with E-state index in [1.165, 1.54) is 12.1 Å². The molecule has 7 nitrogen and oxygen atoms in total. The van der Waals surface area contributed by atoms with Crippen molar-refractivity contribution >= 4 is 26.9 Å². The van der Waals surface area contributed by atoms with Gasteiger partial charge in [-0.2, -0.15) is 5.10 Å². The van der Waals surface area contributed by atoms with E-state index in [2.05, 4.69) is 19.9 Å². The first-order chi connectivity index (χ1) is 11.0. The zero-order chi connectivity index (χ0) is 16.4. The molecule has 0 saturated heterocycles. The van der Waals surface area contributed by atoms with Crippen molar-refractivity contribution in [1.82, 2.24) is 15.2 Å². The number of benzene rings is 1. The van der Waals surface area contributed by atoms with Crippen LogP contribution in [-0.4, -0.2) is 30.2 Å². The van der Waals surface area contributed by atoms with Crippen LogP contribution < -0.4 is 9.46 Å². The Balaban J connectivity index is 1.90. The minimum absolute atomic E-state index is 0.136. The number of pyridine rings is 1. The van der Waals surface area contributed by atoms with Crippen molar-refractivity contribution < 1.29 is 13.2 Å². The molecule has 0 spiro atoms. The highest BCUT2D eigenvalue weighted by atomic mass is 32.2. The topological polar surface area (TPSA) is 97.0 Å². The summed E-state index contributed by atoms with van der Waals surface area (Å²) in [6, 6.07) is 9.79. The summed E-state index contributed by atoms with van der Waals surface area (Å²) >= 11 is 0. The number of rotatable bonds is 5. The summed E-state index contributed by atoms with van der Waals surface area (Å²) in [4.78, 5) is 4.40. The van der Waals surface area contributed by atoms with Crippen LogP contribution in [0.25, 0.3) is 11.0 Å². The molecule has 2 N–H and O–H groups in total. The van der Waals surface area contributed by atoms with E-state index in [4.69, 9.17) is 4.74 Å². The number of nitrogens with one attached hydrogen (secondary N) is 2. The van der Waals surface area contributed by atoms with Crippen LogP contribution in [0.4, 0.5) is 5.82 Å². The number of nitrogens with zero attached hydrogens (tertiary/aromatic N) is 2. The first-order valence-corrected chi connectivity index (χ1v) is 8.55. The molecule has 0 radical (unpaired) electrons. The second-order valence-electron chi connectivity index (χ2n) is 4.93. The maximum Gasteiger partial charge on any atom is 0.263 e. The lowest BCUT2D eigenvalue weighted by atomic mass is 10.3. The van der Waals surface area contributed by atoms with Gasteiger partial charge in [-0.15, -0.1) is 0 Å². The summed E-state index contributed by atoms with van der Waals surface area (Å²) in [6.07, 6.45) is 0. The monoisotopic (exact) mass is 332 g/mol. The molecule has 0 aliphatic carbocycles. The zero-order valence-corrected chi connectivity index (χ0v) is 13.5. The Morgan fingerprint density at radius 2 is 1.91 bits per heavy atom. The molecule has 1 aromatic carbocycles. The lowest BCUT2D eigenvalue weighted by Crippen LogP contribution is -2.13. The van der Waals surface area contributed by atoms with E-state index >= 15 is 0 Å². The quantitative estimate of drug-likeness (QED) is 0.748. The van der Waals surface area contributed by atoms with Crippen LogP contribution in [-0.2, 0) is 10.0 Å². The molecule has 0 fully saturated rings. The molecule has 0 aliphatic heterocycles. The first kappa shape index (κ1) is 15.3. The lowest BCUT2D eigenvalue weighted by molar-refractivity contribution is 0.340. The van der Waals surface area contributed by atoms with Gasteiger partial charge in [0, 0.05) is 5.69 Å². The molecular weight excluding hydrogens is 316 g/mol. The van der Waals surface area contributed by atoms with E-state index in [-0.39, 0.29) is 10.7 Å². The maximum atomic E-state index is 12.5. The summed E-state index contributed by atoms with van der Waals surface area (Å²) in [7, 11) is -3.73. The van der Waals surface area contributed by atoms with Gasteiger partial charge < -0.3 is 4.74 Å². The molecule has 8 heteroatoms. The molecule has 0 amide bonds.